The lowest BCUT2D eigenvalue weighted by Crippen LogP contribution is -2.18. The molecule has 1 heterocycles. The van der Waals surface area contributed by atoms with E-state index in [1.165, 1.54) is 0 Å². The second-order valence-corrected chi connectivity index (χ2v) is 4.62. The standard InChI is InChI=1S/C13H15ClN4/c1-9-16-12(15)7-13(17-9)18(2)8-10-3-5-11(14)6-4-10/h3-7H,8H2,1-2H3,(H2,15,16,17). The first-order valence-electron chi connectivity index (χ1n) is 5.61. The number of nitrogens with two attached hydrogens (primary N) is 1. The van der Waals surface area contributed by atoms with Crippen molar-refractivity contribution >= 4 is 23.2 Å². The molecule has 2 rings (SSSR count). The number of aromatic nitrogens is 2. The number of halogens is 1. The van der Waals surface area contributed by atoms with Crippen molar-refractivity contribution in [2.45, 2.75) is 13.5 Å². The first-order valence-corrected chi connectivity index (χ1v) is 5.99. The molecule has 2 N–H and O–H groups in total. The fourth-order valence-corrected chi connectivity index (χ4v) is 1.84. The van der Waals surface area contributed by atoms with Crippen molar-refractivity contribution in [3.05, 3.63) is 46.7 Å². The molecule has 0 bridgehead atoms. The maximum atomic E-state index is 5.86. The monoisotopic (exact) mass is 262 g/mol. The Bertz CT molecular complexity index is 519. The van der Waals surface area contributed by atoms with Gasteiger partial charge in [-0.1, -0.05) is 23.7 Å². The van der Waals surface area contributed by atoms with Crippen molar-refractivity contribution in [1.29, 1.82) is 0 Å². The zero-order chi connectivity index (χ0) is 13.1. The van der Waals surface area contributed by atoms with E-state index in [0.29, 0.717) is 11.6 Å². The van der Waals surface area contributed by atoms with Gasteiger partial charge in [-0.25, -0.2) is 9.97 Å². The average molecular weight is 263 g/mol. The van der Waals surface area contributed by atoms with Crippen LogP contribution in [0.4, 0.5) is 11.6 Å². The highest BCUT2D eigenvalue weighted by molar-refractivity contribution is 6.30. The highest BCUT2D eigenvalue weighted by atomic mass is 35.5. The summed E-state index contributed by atoms with van der Waals surface area (Å²) >= 11 is 5.86. The normalized spacial score (nSPS) is 10.4. The predicted molar refractivity (Wildman–Crippen MR) is 74.7 cm³/mol. The van der Waals surface area contributed by atoms with Crippen molar-refractivity contribution in [2.75, 3.05) is 17.7 Å². The Morgan fingerprint density at radius 1 is 1.22 bits per heavy atom. The Hall–Kier alpha value is -1.81. The molecule has 0 spiro atoms. The SMILES string of the molecule is Cc1nc(N)cc(N(C)Cc2ccc(Cl)cc2)n1. The predicted octanol–water partition coefficient (Wildman–Crippen LogP) is 2.66. The Morgan fingerprint density at radius 2 is 1.89 bits per heavy atom. The van der Waals surface area contributed by atoms with Crippen LogP contribution in [-0.2, 0) is 6.54 Å². The van der Waals surface area contributed by atoms with Gasteiger partial charge in [0.2, 0.25) is 0 Å². The smallest absolute Gasteiger partial charge is 0.134 e. The van der Waals surface area contributed by atoms with E-state index >= 15 is 0 Å². The molecule has 0 aliphatic heterocycles. The molecule has 2 aromatic rings. The van der Waals surface area contributed by atoms with Gasteiger partial charge in [0.15, 0.2) is 0 Å². The highest BCUT2D eigenvalue weighted by Gasteiger charge is 2.06. The molecular formula is C13H15ClN4. The Labute approximate surface area is 111 Å². The minimum Gasteiger partial charge on any atom is -0.384 e. The molecule has 0 unspecified atom stereocenters. The minimum atomic E-state index is 0.487. The van der Waals surface area contributed by atoms with Crippen LogP contribution in [-0.4, -0.2) is 17.0 Å². The van der Waals surface area contributed by atoms with E-state index in [0.717, 1.165) is 22.9 Å². The Balaban J connectivity index is 2.16. The first kappa shape index (κ1) is 12.6. The van der Waals surface area contributed by atoms with Crippen LogP contribution in [0.1, 0.15) is 11.4 Å². The van der Waals surface area contributed by atoms with Gasteiger partial charge in [-0.2, -0.15) is 0 Å². The molecule has 0 saturated heterocycles. The summed E-state index contributed by atoms with van der Waals surface area (Å²) in [6.07, 6.45) is 0. The van der Waals surface area contributed by atoms with Gasteiger partial charge in [-0.05, 0) is 24.6 Å². The lowest BCUT2D eigenvalue weighted by Gasteiger charge is -2.18. The quantitative estimate of drug-likeness (QED) is 0.924. The zero-order valence-electron chi connectivity index (χ0n) is 10.4. The topological polar surface area (TPSA) is 55.0 Å². The van der Waals surface area contributed by atoms with Gasteiger partial charge >= 0.3 is 0 Å². The summed E-state index contributed by atoms with van der Waals surface area (Å²) in [5, 5.41) is 0.739. The van der Waals surface area contributed by atoms with Gasteiger partial charge in [0.1, 0.15) is 17.5 Å². The Kier molecular flexibility index (Phi) is 3.67. The molecule has 0 aliphatic carbocycles. The van der Waals surface area contributed by atoms with Crippen molar-refractivity contribution in [3.63, 3.8) is 0 Å². The van der Waals surface area contributed by atoms with E-state index in [9.17, 15) is 0 Å². The average Bonchev–Trinajstić information content (AvgIpc) is 2.31. The van der Waals surface area contributed by atoms with E-state index in [-0.39, 0.29) is 0 Å². The number of nitrogens with zero attached hydrogens (tertiary/aromatic N) is 3. The van der Waals surface area contributed by atoms with Gasteiger partial charge in [0, 0.05) is 24.7 Å². The largest absolute Gasteiger partial charge is 0.384 e. The third-order valence-electron chi connectivity index (χ3n) is 2.57. The second-order valence-electron chi connectivity index (χ2n) is 4.18. The molecule has 18 heavy (non-hydrogen) atoms. The summed E-state index contributed by atoms with van der Waals surface area (Å²) in [5.41, 5.74) is 6.88. The fraction of sp³-hybridized carbons (Fsp3) is 0.231. The molecule has 0 aliphatic rings. The molecule has 0 saturated carbocycles. The van der Waals surface area contributed by atoms with Crippen LogP contribution in [0.25, 0.3) is 0 Å². The van der Waals surface area contributed by atoms with Crippen molar-refractivity contribution < 1.29 is 0 Å². The molecule has 4 nitrogen and oxygen atoms in total. The highest BCUT2D eigenvalue weighted by Crippen LogP contribution is 2.16. The van der Waals surface area contributed by atoms with Crippen LogP contribution in [0, 0.1) is 6.92 Å². The lowest BCUT2D eigenvalue weighted by molar-refractivity contribution is 0.881. The van der Waals surface area contributed by atoms with Crippen LogP contribution >= 0.6 is 11.6 Å². The third kappa shape index (κ3) is 3.11. The molecule has 0 amide bonds. The van der Waals surface area contributed by atoms with Gasteiger partial charge < -0.3 is 10.6 Å². The fourth-order valence-electron chi connectivity index (χ4n) is 1.71. The zero-order valence-corrected chi connectivity index (χ0v) is 11.1. The van der Waals surface area contributed by atoms with Crippen LogP contribution in [0.5, 0.6) is 0 Å². The molecule has 1 aromatic carbocycles. The number of rotatable bonds is 3. The maximum Gasteiger partial charge on any atom is 0.134 e. The second kappa shape index (κ2) is 5.23. The van der Waals surface area contributed by atoms with Gasteiger partial charge in [-0.15, -0.1) is 0 Å². The van der Waals surface area contributed by atoms with Crippen molar-refractivity contribution in [2.24, 2.45) is 0 Å². The van der Waals surface area contributed by atoms with Crippen LogP contribution < -0.4 is 10.6 Å². The van der Waals surface area contributed by atoms with E-state index in [1.54, 1.807) is 6.07 Å². The van der Waals surface area contributed by atoms with Crippen LogP contribution in [0.15, 0.2) is 30.3 Å². The maximum absolute atomic E-state index is 5.86. The summed E-state index contributed by atoms with van der Waals surface area (Å²) < 4.78 is 0. The third-order valence-corrected chi connectivity index (χ3v) is 2.82. The number of hydrogen-bond acceptors (Lipinski definition) is 4. The molecular weight excluding hydrogens is 248 g/mol. The number of nitrogen functional groups attached to an aromatic ring is 1. The van der Waals surface area contributed by atoms with Crippen molar-refractivity contribution in [3.8, 4) is 0 Å². The van der Waals surface area contributed by atoms with Crippen LogP contribution in [0.2, 0.25) is 5.02 Å². The van der Waals surface area contributed by atoms with Crippen molar-refractivity contribution in [1.82, 2.24) is 9.97 Å². The summed E-state index contributed by atoms with van der Waals surface area (Å²) in [5.74, 6) is 1.98. The molecule has 1 aromatic heterocycles. The van der Waals surface area contributed by atoms with E-state index in [2.05, 4.69) is 9.97 Å². The van der Waals surface area contributed by atoms with E-state index in [1.807, 2.05) is 43.1 Å². The number of aryl methyl sites for hydroxylation is 1. The Morgan fingerprint density at radius 3 is 2.50 bits per heavy atom. The number of hydrogen-bond donors (Lipinski definition) is 1. The minimum absolute atomic E-state index is 0.487. The lowest BCUT2D eigenvalue weighted by atomic mass is 10.2. The molecule has 94 valence electrons. The van der Waals surface area contributed by atoms with Gasteiger partial charge in [0.05, 0.1) is 0 Å². The summed E-state index contributed by atoms with van der Waals surface area (Å²) in [7, 11) is 1.97. The number of benzene rings is 1. The van der Waals surface area contributed by atoms with Crippen LogP contribution in [0.3, 0.4) is 0 Å². The van der Waals surface area contributed by atoms with Gasteiger partial charge in [-0.3, -0.25) is 0 Å². The summed E-state index contributed by atoms with van der Waals surface area (Å²) in [4.78, 5) is 10.4. The molecule has 5 heteroatoms. The first-order chi connectivity index (χ1) is 8.54. The van der Waals surface area contributed by atoms with E-state index in [4.69, 9.17) is 17.3 Å². The summed E-state index contributed by atoms with van der Waals surface area (Å²) in [6.45, 7) is 2.57. The molecule has 0 fully saturated rings. The molecule has 0 atom stereocenters. The molecule has 0 radical (unpaired) electrons. The number of anilines is 2. The van der Waals surface area contributed by atoms with E-state index < -0.39 is 0 Å². The van der Waals surface area contributed by atoms with Gasteiger partial charge in [0.25, 0.3) is 0 Å². The summed E-state index contributed by atoms with van der Waals surface area (Å²) in [6, 6.07) is 9.52.